The Balaban J connectivity index is 1.54. The maximum atomic E-state index is 3.71. The molecular weight excluding hydrogens is 234 g/mol. The van der Waals surface area contributed by atoms with Gasteiger partial charge >= 0.3 is 0 Å². The van der Waals surface area contributed by atoms with E-state index in [0.29, 0.717) is 0 Å². The van der Waals surface area contributed by atoms with Crippen LogP contribution in [-0.4, -0.2) is 62.7 Å². The number of hydrogen-bond acceptors (Lipinski definition) is 3. The maximum absolute atomic E-state index is 3.71. The van der Waals surface area contributed by atoms with Gasteiger partial charge in [-0.05, 0) is 77.3 Å². The molecule has 0 radical (unpaired) electrons. The van der Waals surface area contributed by atoms with Gasteiger partial charge in [0.05, 0.1) is 0 Å². The molecule has 2 atom stereocenters. The van der Waals surface area contributed by atoms with Crippen LogP contribution >= 0.6 is 0 Å². The third kappa shape index (κ3) is 5.80. The van der Waals surface area contributed by atoms with Crippen molar-refractivity contribution >= 4 is 0 Å². The van der Waals surface area contributed by atoms with Crippen molar-refractivity contribution in [1.82, 2.24) is 15.1 Å². The Morgan fingerprint density at radius 1 is 1.11 bits per heavy atom. The highest BCUT2D eigenvalue weighted by molar-refractivity contribution is 4.74. The summed E-state index contributed by atoms with van der Waals surface area (Å²) in [7, 11) is 2.26. The Morgan fingerprint density at radius 2 is 1.89 bits per heavy atom. The average Bonchev–Trinajstić information content (AvgIpc) is 2.40. The molecule has 2 aliphatic rings. The van der Waals surface area contributed by atoms with Crippen molar-refractivity contribution in [3.63, 3.8) is 0 Å². The van der Waals surface area contributed by atoms with E-state index in [-0.39, 0.29) is 0 Å². The molecule has 0 aromatic rings. The lowest BCUT2D eigenvalue weighted by molar-refractivity contribution is 0.189. The van der Waals surface area contributed by atoms with Gasteiger partial charge in [-0.2, -0.15) is 0 Å². The summed E-state index contributed by atoms with van der Waals surface area (Å²) in [5, 5.41) is 3.71. The Kier molecular flexibility index (Phi) is 6.62. The van der Waals surface area contributed by atoms with E-state index in [0.717, 1.165) is 11.8 Å². The van der Waals surface area contributed by atoms with Crippen LogP contribution in [0.2, 0.25) is 0 Å². The van der Waals surface area contributed by atoms with Gasteiger partial charge in [-0.15, -0.1) is 0 Å². The zero-order valence-corrected chi connectivity index (χ0v) is 13.0. The molecule has 2 fully saturated rings. The maximum Gasteiger partial charge on any atom is 0.00191 e. The Bertz CT molecular complexity index is 238. The monoisotopic (exact) mass is 267 g/mol. The minimum Gasteiger partial charge on any atom is -0.316 e. The summed E-state index contributed by atoms with van der Waals surface area (Å²) in [5.74, 6) is 1.67. The third-order valence-corrected chi connectivity index (χ3v) is 4.67. The highest BCUT2D eigenvalue weighted by atomic mass is 15.1. The SMILES string of the molecule is CC(CNCC1CCCN(C)C1)CN1CCCCC1. The van der Waals surface area contributed by atoms with Gasteiger partial charge in [0.1, 0.15) is 0 Å². The first-order valence-electron chi connectivity index (χ1n) is 8.35. The molecule has 3 heteroatoms. The van der Waals surface area contributed by atoms with E-state index in [1.807, 2.05) is 0 Å². The van der Waals surface area contributed by atoms with E-state index in [2.05, 4.69) is 29.1 Å². The van der Waals surface area contributed by atoms with Gasteiger partial charge in [0.15, 0.2) is 0 Å². The van der Waals surface area contributed by atoms with Crippen LogP contribution in [0.3, 0.4) is 0 Å². The van der Waals surface area contributed by atoms with Crippen LogP contribution in [-0.2, 0) is 0 Å². The van der Waals surface area contributed by atoms with Gasteiger partial charge in [-0.3, -0.25) is 0 Å². The van der Waals surface area contributed by atoms with Gasteiger partial charge in [-0.25, -0.2) is 0 Å². The number of rotatable bonds is 6. The van der Waals surface area contributed by atoms with Gasteiger partial charge in [0.2, 0.25) is 0 Å². The van der Waals surface area contributed by atoms with Crippen LogP contribution in [0.4, 0.5) is 0 Å². The third-order valence-electron chi connectivity index (χ3n) is 4.67. The van der Waals surface area contributed by atoms with Gasteiger partial charge in [-0.1, -0.05) is 13.3 Å². The van der Waals surface area contributed by atoms with E-state index in [4.69, 9.17) is 0 Å². The largest absolute Gasteiger partial charge is 0.316 e. The molecule has 0 aromatic heterocycles. The van der Waals surface area contributed by atoms with Crippen LogP contribution in [0.1, 0.15) is 39.0 Å². The molecule has 112 valence electrons. The zero-order chi connectivity index (χ0) is 13.5. The Morgan fingerprint density at radius 3 is 2.63 bits per heavy atom. The molecular formula is C16H33N3. The van der Waals surface area contributed by atoms with Crippen molar-refractivity contribution in [1.29, 1.82) is 0 Å². The lowest BCUT2D eigenvalue weighted by Crippen LogP contribution is -2.40. The topological polar surface area (TPSA) is 18.5 Å². The number of likely N-dealkylation sites (tertiary alicyclic amines) is 2. The second-order valence-corrected chi connectivity index (χ2v) is 6.90. The standard InChI is InChI=1S/C16H33N3/c1-15(13-19-9-4-3-5-10-19)11-17-12-16-7-6-8-18(2)14-16/h15-17H,3-14H2,1-2H3. The average molecular weight is 267 g/mol. The van der Waals surface area contributed by atoms with Gasteiger partial charge in [0, 0.05) is 13.1 Å². The Labute approximate surface area is 119 Å². The minimum absolute atomic E-state index is 0.791. The molecule has 0 bridgehead atoms. The molecule has 3 nitrogen and oxygen atoms in total. The predicted molar refractivity (Wildman–Crippen MR) is 82.5 cm³/mol. The summed E-state index contributed by atoms with van der Waals surface area (Å²) in [6.07, 6.45) is 7.06. The quantitative estimate of drug-likeness (QED) is 0.794. The fourth-order valence-corrected chi connectivity index (χ4v) is 3.62. The lowest BCUT2D eigenvalue weighted by atomic mass is 9.98. The highest BCUT2D eigenvalue weighted by Crippen LogP contribution is 2.14. The first-order chi connectivity index (χ1) is 9.24. The van der Waals surface area contributed by atoms with E-state index >= 15 is 0 Å². The van der Waals surface area contributed by atoms with E-state index in [1.165, 1.54) is 77.9 Å². The van der Waals surface area contributed by atoms with Crippen LogP contribution in [0.15, 0.2) is 0 Å². The van der Waals surface area contributed by atoms with Crippen molar-refractivity contribution in [2.75, 3.05) is 52.9 Å². The number of piperidine rings is 2. The second kappa shape index (κ2) is 8.23. The van der Waals surface area contributed by atoms with Crippen LogP contribution < -0.4 is 5.32 Å². The molecule has 2 rings (SSSR count). The van der Waals surface area contributed by atoms with Crippen molar-refractivity contribution in [3.05, 3.63) is 0 Å². The molecule has 2 aliphatic heterocycles. The lowest BCUT2D eigenvalue weighted by Gasteiger charge is -2.31. The summed E-state index contributed by atoms with van der Waals surface area (Å²) >= 11 is 0. The van der Waals surface area contributed by atoms with Crippen LogP contribution in [0.5, 0.6) is 0 Å². The first kappa shape index (κ1) is 15.3. The van der Waals surface area contributed by atoms with Crippen LogP contribution in [0, 0.1) is 11.8 Å². The number of nitrogens with zero attached hydrogens (tertiary/aromatic N) is 2. The predicted octanol–water partition coefficient (Wildman–Crippen LogP) is 2.04. The summed E-state index contributed by atoms with van der Waals surface area (Å²) in [5.41, 5.74) is 0. The molecule has 1 N–H and O–H groups in total. The van der Waals surface area contributed by atoms with Gasteiger partial charge < -0.3 is 15.1 Å². The highest BCUT2D eigenvalue weighted by Gasteiger charge is 2.17. The van der Waals surface area contributed by atoms with E-state index < -0.39 is 0 Å². The molecule has 2 saturated heterocycles. The molecule has 19 heavy (non-hydrogen) atoms. The number of hydrogen-bond donors (Lipinski definition) is 1. The molecule has 0 spiro atoms. The summed E-state index contributed by atoms with van der Waals surface area (Å²) in [6, 6.07) is 0. The van der Waals surface area contributed by atoms with Crippen molar-refractivity contribution < 1.29 is 0 Å². The molecule has 2 heterocycles. The molecule has 0 aliphatic carbocycles. The Hall–Kier alpha value is -0.120. The molecule has 0 amide bonds. The van der Waals surface area contributed by atoms with Crippen molar-refractivity contribution in [2.45, 2.75) is 39.0 Å². The molecule has 0 aromatic carbocycles. The van der Waals surface area contributed by atoms with Crippen molar-refractivity contribution in [3.8, 4) is 0 Å². The minimum atomic E-state index is 0.791. The number of nitrogens with one attached hydrogen (secondary N) is 1. The zero-order valence-electron chi connectivity index (χ0n) is 13.0. The van der Waals surface area contributed by atoms with E-state index in [9.17, 15) is 0 Å². The molecule has 0 saturated carbocycles. The summed E-state index contributed by atoms with van der Waals surface area (Å²) in [6.45, 7) is 11.3. The van der Waals surface area contributed by atoms with Gasteiger partial charge in [0.25, 0.3) is 0 Å². The van der Waals surface area contributed by atoms with Crippen LogP contribution in [0.25, 0.3) is 0 Å². The summed E-state index contributed by atoms with van der Waals surface area (Å²) < 4.78 is 0. The van der Waals surface area contributed by atoms with Crippen molar-refractivity contribution in [2.24, 2.45) is 11.8 Å². The second-order valence-electron chi connectivity index (χ2n) is 6.90. The fourth-order valence-electron chi connectivity index (χ4n) is 3.62. The fraction of sp³-hybridized carbons (Fsp3) is 1.00. The molecule has 2 unspecified atom stereocenters. The summed E-state index contributed by atoms with van der Waals surface area (Å²) in [4.78, 5) is 5.14. The smallest absolute Gasteiger partial charge is 0.00191 e. The first-order valence-corrected chi connectivity index (χ1v) is 8.35. The normalized spacial score (nSPS) is 28.4. The van der Waals surface area contributed by atoms with E-state index in [1.54, 1.807) is 0 Å².